The monoisotopic (exact) mass is 300 g/mol. The SMILES string of the molecule is CC(C)(CN1CCN(c2ccnnc2)S1(=O)=O)C(=O)O. The Labute approximate surface area is 117 Å². The minimum Gasteiger partial charge on any atom is -0.481 e. The van der Waals surface area contributed by atoms with Crippen LogP contribution in [0, 0.1) is 5.41 Å². The van der Waals surface area contributed by atoms with Crippen LogP contribution in [0.5, 0.6) is 0 Å². The first-order chi connectivity index (χ1) is 9.25. The van der Waals surface area contributed by atoms with Gasteiger partial charge < -0.3 is 5.11 Å². The van der Waals surface area contributed by atoms with Crippen LogP contribution in [0.15, 0.2) is 18.5 Å². The van der Waals surface area contributed by atoms with Crippen LogP contribution in [-0.4, -0.2) is 53.6 Å². The Morgan fingerprint density at radius 2 is 2.10 bits per heavy atom. The maximum atomic E-state index is 12.4. The van der Waals surface area contributed by atoms with E-state index in [0.717, 1.165) is 0 Å². The van der Waals surface area contributed by atoms with Crippen LogP contribution >= 0.6 is 0 Å². The lowest BCUT2D eigenvalue weighted by molar-refractivity contribution is -0.147. The average molecular weight is 300 g/mol. The first-order valence-corrected chi connectivity index (χ1v) is 7.43. The Balaban J connectivity index is 2.23. The zero-order chi connectivity index (χ0) is 15.0. The molecule has 0 bridgehead atoms. The summed E-state index contributed by atoms with van der Waals surface area (Å²) >= 11 is 0. The molecular formula is C11H16N4O4S. The fourth-order valence-electron chi connectivity index (χ4n) is 1.94. The van der Waals surface area contributed by atoms with Crippen molar-refractivity contribution in [2.24, 2.45) is 5.41 Å². The topological polar surface area (TPSA) is 104 Å². The number of hydrogen-bond donors (Lipinski definition) is 1. The minimum atomic E-state index is -3.71. The molecule has 2 heterocycles. The molecule has 1 aliphatic rings. The van der Waals surface area contributed by atoms with Crippen molar-refractivity contribution >= 4 is 21.9 Å². The highest BCUT2D eigenvalue weighted by Crippen LogP contribution is 2.27. The first kappa shape index (κ1) is 14.7. The fourth-order valence-corrected chi connectivity index (χ4v) is 3.70. The molecule has 20 heavy (non-hydrogen) atoms. The molecule has 0 radical (unpaired) electrons. The Kier molecular flexibility index (Phi) is 3.65. The maximum absolute atomic E-state index is 12.4. The summed E-state index contributed by atoms with van der Waals surface area (Å²) in [5.74, 6) is -1.03. The van der Waals surface area contributed by atoms with Crippen molar-refractivity contribution in [1.29, 1.82) is 0 Å². The molecule has 0 saturated carbocycles. The van der Waals surface area contributed by atoms with Gasteiger partial charge in [0.05, 0.1) is 23.5 Å². The third-order valence-corrected chi connectivity index (χ3v) is 5.08. The minimum absolute atomic E-state index is 0.0698. The predicted molar refractivity (Wildman–Crippen MR) is 71.3 cm³/mol. The van der Waals surface area contributed by atoms with E-state index in [4.69, 9.17) is 5.11 Å². The Bertz CT molecular complexity index is 602. The van der Waals surface area contributed by atoms with Gasteiger partial charge in [0.2, 0.25) is 0 Å². The van der Waals surface area contributed by atoms with Gasteiger partial charge in [0.15, 0.2) is 0 Å². The molecule has 0 atom stereocenters. The molecule has 1 aromatic rings. The summed E-state index contributed by atoms with van der Waals surface area (Å²) in [6.45, 7) is 3.45. The van der Waals surface area contributed by atoms with E-state index in [1.807, 2.05) is 0 Å². The van der Waals surface area contributed by atoms with Gasteiger partial charge in [-0.1, -0.05) is 0 Å². The highest BCUT2D eigenvalue weighted by atomic mass is 32.2. The van der Waals surface area contributed by atoms with Gasteiger partial charge in [0.1, 0.15) is 0 Å². The number of anilines is 1. The molecule has 0 unspecified atom stereocenters. The summed E-state index contributed by atoms with van der Waals surface area (Å²) in [4.78, 5) is 11.1. The van der Waals surface area contributed by atoms with Crippen LogP contribution in [-0.2, 0) is 15.0 Å². The molecule has 1 aliphatic heterocycles. The highest BCUT2D eigenvalue weighted by molar-refractivity contribution is 7.90. The lowest BCUT2D eigenvalue weighted by atomic mass is 9.94. The van der Waals surface area contributed by atoms with E-state index < -0.39 is 21.6 Å². The van der Waals surface area contributed by atoms with E-state index >= 15 is 0 Å². The molecule has 0 aromatic carbocycles. The van der Waals surface area contributed by atoms with Gasteiger partial charge in [-0.05, 0) is 19.9 Å². The second-order valence-corrected chi connectivity index (χ2v) is 7.06. The van der Waals surface area contributed by atoms with E-state index in [9.17, 15) is 13.2 Å². The third-order valence-electron chi connectivity index (χ3n) is 3.16. The van der Waals surface area contributed by atoms with Gasteiger partial charge in [-0.2, -0.15) is 22.9 Å². The van der Waals surface area contributed by atoms with Crippen LogP contribution in [0.3, 0.4) is 0 Å². The average Bonchev–Trinajstić information content (AvgIpc) is 2.65. The Morgan fingerprint density at radius 3 is 2.65 bits per heavy atom. The van der Waals surface area contributed by atoms with Crippen molar-refractivity contribution < 1.29 is 18.3 Å². The number of aromatic nitrogens is 2. The fraction of sp³-hybridized carbons (Fsp3) is 0.545. The lowest BCUT2D eigenvalue weighted by Gasteiger charge is -2.26. The number of carbonyl (C=O) groups is 1. The van der Waals surface area contributed by atoms with Gasteiger partial charge in [-0.15, -0.1) is 0 Å². The van der Waals surface area contributed by atoms with Crippen molar-refractivity contribution in [1.82, 2.24) is 14.5 Å². The van der Waals surface area contributed by atoms with Crippen molar-refractivity contribution in [2.45, 2.75) is 13.8 Å². The molecule has 0 aliphatic carbocycles. The standard InChI is InChI=1S/C11H16N4O4S/c1-11(2,10(16)17)8-14-5-6-15(20(14,18)19)9-3-4-12-13-7-9/h3-4,7H,5-6,8H2,1-2H3,(H,16,17). The molecule has 110 valence electrons. The van der Waals surface area contributed by atoms with Crippen LogP contribution in [0.4, 0.5) is 5.69 Å². The zero-order valence-corrected chi connectivity index (χ0v) is 12.0. The van der Waals surface area contributed by atoms with Crippen LogP contribution in [0.2, 0.25) is 0 Å². The van der Waals surface area contributed by atoms with E-state index in [0.29, 0.717) is 5.69 Å². The molecule has 9 heteroatoms. The lowest BCUT2D eigenvalue weighted by Crippen LogP contribution is -2.42. The molecule has 0 amide bonds. The van der Waals surface area contributed by atoms with Crippen molar-refractivity contribution in [3.8, 4) is 0 Å². The normalized spacial score (nSPS) is 19.2. The predicted octanol–water partition coefficient (Wildman–Crippen LogP) is -0.0458. The summed E-state index contributed by atoms with van der Waals surface area (Å²) in [6.07, 6.45) is 2.78. The van der Waals surface area contributed by atoms with Gasteiger partial charge in [-0.25, -0.2) is 0 Å². The van der Waals surface area contributed by atoms with Crippen molar-refractivity contribution in [3.63, 3.8) is 0 Å². The van der Waals surface area contributed by atoms with Gasteiger partial charge in [-0.3, -0.25) is 9.10 Å². The van der Waals surface area contributed by atoms with E-state index in [2.05, 4.69) is 10.2 Å². The molecule has 2 rings (SSSR count). The Hall–Kier alpha value is -1.74. The third kappa shape index (κ3) is 2.59. The first-order valence-electron chi connectivity index (χ1n) is 6.03. The summed E-state index contributed by atoms with van der Waals surface area (Å²) < 4.78 is 27.2. The zero-order valence-electron chi connectivity index (χ0n) is 11.2. The smallest absolute Gasteiger partial charge is 0.310 e. The van der Waals surface area contributed by atoms with Crippen LogP contribution in [0.1, 0.15) is 13.8 Å². The molecule has 0 spiro atoms. The number of nitrogens with zero attached hydrogens (tertiary/aromatic N) is 4. The summed E-state index contributed by atoms with van der Waals surface area (Å²) in [5.41, 5.74) is -0.713. The second-order valence-electron chi connectivity index (χ2n) is 5.20. The highest BCUT2D eigenvalue weighted by Gasteiger charge is 2.41. The number of hydrogen-bond acceptors (Lipinski definition) is 5. The van der Waals surface area contributed by atoms with Crippen molar-refractivity contribution in [2.75, 3.05) is 23.9 Å². The number of carboxylic acids is 1. The van der Waals surface area contributed by atoms with E-state index in [1.165, 1.54) is 34.9 Å². The number of carboxylic acid groups (broad SMARTS) is 1. The molecule has 1 fully saturated rings. The largest absolute Gasteiger partial charge is 0.481 e. The van der Waals surface area contributed by atoms with Gasteiger partial charge >= 0.3 is 16.2 Å². The maximum Gasteiger partial charge on any atom is 0.310 e. The number of aliphatic carboxylic acids is 1. The summed E-state index contributed by atoms with van der Waals surface area (Å²) in [7, 11) is -3.71. The van der Waals surface area contributed by atoms with E-state index in [1.54, 1.807) is 6.07 Å². The quantitative estimate of drug-likeness (QED) is 0.836. The van der Waals surface area contributed by atoms with Crippen LogP contribution < -0.4 is 4.31 Å². The Morgan fingerprint density at radius 1 is 1.40 bits per heavy atom. The summed E-state index contributed by atoms with van der Waals surface area (Å²) in [5, 5.41) is 16.4. The second kappa shape index (κ2) is 4.98. The molecular weight excluding hydrogens is 284 g/mol. The number of rotatable bonds is 4. The molecule has 1 aromatic heterocycles. The van der Waals surface area contributed by atoms with E-state index in [-0.39, 0.29) is 19.6 Å². The van der Waals surface area contributed by atoms with Gasteiger partial charge in [0.25, 0.3) is 0 Å². The molecule has 8 nitrogen and oxygen atoms in total. The molecule has 1 saturated heterocycles. The van der Waals surface area contributed by atoms with Crippen LogP contribution in [0.25, 0.3) is 0 Å². The van der Waals surface area contributed by atoms with Gasteiger partial charge in [0, 0.05) is 19.6 Å². The molecule has 1 N–H and O–H groups in total. The summed E-state index contributed by atoms with van der Waals surface area (Å²) in [6, 6.07) is 1.55. The van der Waals surface area contributed by atoms with Crippen molar-refractivity contribution in [3.05, 3.63) is 18.5 Å².